The standard InChI is InChI=1S/C13H17BrN2S/c1-10(2)15-8-11-4-3-6-16(11)9-13-12(14)5-7-17-13/h3-7,10,15H,8-9H2,1-2H3. The van der Waals surface area contributed by atoms with E-state index in [9.17, 15) is 0 Å². The Kier molecular flexibility index (Phi) is 4.42. The van der Waals surface area contributed by atoms with Crippen LogP contribution in [0.4, 0.5) is 0 Å². The van der Waals surface area contributed by atoms with E-state index in [1.807, 2.05) is 0 Å². The summed E-state index contributed by atoms with van der Waals surface area (Å²) in [6.07, 6.45) is 2.14. The van der Waals surface area contributed by atoms with E-state index < -0.39 is 0 Å². The van der Waals surface area contributed by atoms with Crippen molar-refractivity contribution in [1.29, 1.82) is 0 Å². The lowest BCUT2D eigenvalue weighted by Gasteiger charge is -2.11. The van der Waals surface area contributed by atoms with Crippen LogP contribution in [0.1, 0.15) is 24.4 Å². The van der Waals surface area contributed by atoms with Gasteiger partial charge in [0.25, 0.3) is 0 Å². The fourth-order valence-electron chi connectivity index (χ4n) is 1.67. The summed E-state index contributed by atoms with van der Waals surface area (Å²) < 4.78 is 3.50. The largest absolute Gasteiger partial charge is 0.345 e. The molecule has 17 heavy (non-hydrogen) atoms. The van der Waals surface area contributed by atoms with Gasteiger partial charge in [-0.3, -0.25) is 0 Å². The molecule has 0 aliphatic carbocycles. The van der Waals surface area contributed by atoms with Gasteiger partial charge in [-0.25, -0.2) is 0 Å². The van der Waals surface area contributed by atoms with E-state index in [1.54, 1.807) is 11.3 Å². The maximum Gasteiger partial charge on any atom is 0.0578 e. The van der Waals surface area contributed by atoms with Crippen molar-refractivity contribution in [2.45, 2.75) is 33.0 Å². The maximum atomic E-state index is 3.58. The number of thiophene rings is 1. The van der Waals surface area contributed by atoms with E-state index in [1.165, 1.54) is 15.0 Å². The second-order valence-electron chi connectivity index (χ2n) is 4.35. The average molecular weight is 313 g/mol. The molecule has 92 valence electrons. The third kappa shape index (κ3) is 3.44. The molecule has 2 aromatic heterocycles. The highest BCUT2D eigenvalue weighted by atomic mass is 79.9. The van der Waals surface area contributed by atoms with Crippen molar-refractivity contribution in [2.24, 2.45) is 0 Å². The Morgan fingerprint density at radius 1 is 1.41 bits per heavy atom. The molecular weight excluding hydrogens is 296 g/mol. The smallest absolute Gasteiger partial charge is 0.0578 e. The second-order valence-corrected chi connectivity index (χ2v) is 6.21. The number of halogens is 1. The van der Waals surface area contributed by atoms with E-state index in [0.717, 1.165) is 13.1 Å². The molecule has 0 radical (unpaired) electrons. The number of nitrogens with zero attached hydrogens (tertiary/aromatic N) is 1. The third-order valence-electron chi connectivity index (χ3n) is 2.62. The van der Waals surface area contributed by atoms with Crippen molar-refractivity contribution in [3.8, 4) is 0 Å². The van der Waals surface area contributed by atoms with Crippen molar-refractivity contribution in [1.82, 2.24) is 9.88 Å². The van der Waals surface area contributed by atoms with Gasteiger partial charge in [0.05, 0.1) is 6.54 Å². The van der Waals surface area contributed by atoms with Crippen molar-refractivity contribution in [3.05, 3.63) is 44.8 Å². The zero-order valence-electron chi connectivity index (χ0n) is 10.1. The van der Waals surface area contributed by atoms with E-state index >= 15 is 0 Å². The molecule has 0 fully saturated rings. The molecule has 0 atom stereocenters. The number of aromatic nitrogens is 1. The highest BCUT2D eigenvalue weighted by Crippen LogP contribution is 2.24. The van der Waals surface area contributed by atoms with Crippen LogP contribution in [0.2, 0.25) is 0 Å². The summed E-state index contributed by atoms with van der Waals surface area (Å²) in [6.45, 7) is 6.21. The fourth-order valence-corrected chi connectivity index (χ4v) is 3.14. The van der Waals surface area contributed by atoms with Crippen LogP contribution in [-0.2, 0) is 13.1 Å². The Morgan fingerprint density at radius 3 is 2.88 bits per heavy atom. The summed E-state index contributed by atoms with van der Waals surface area (Å²) in [5.41, 5.74) is 1.33. The van der Waals surface area contributed by atoms with E-state index in [4.69, 9.17) is 0 Å². The van der Waals surface area contributed by atoms with Crippen molar-refractivity contribution in [2.75, 3.05) is 0 Å². The second kappa shape index (κ2) is 5.85. The molecule has 4 heteroatoms. The zero-order valence-corrected chi connectivity index (χ0v) is 12.5. The average Bonchev–Trinajstić information content (AvgIpc) is 2.87. The molecule has 0 spiro atoms. The maximum absolute atomic E-state index is 3.58. The lowest BCUT2D eigenvalue weighted by atomic mass is 10.3. The van der Waals surface area contributed by atoms with Gasteiger partial charge in [-0.15, -0.1) is 11.3 Å². The number of hydrogen-bond donors (Lipinski definition) is 1. The van der Waals surface area contributed by atoms with Crippen molar-refractivity contribution in [3.63, 3.8) is 0 Å². The first kappa shape index (κ1) is 12.9. The predicted molar refractivity (Wildman–Crippen MR) is 77.5 cm³/mol. The molecule has 0 amide bonds. The van der Waals surface area contributed by atoms with Crippen LogP contribution in [0.5, 0.6) is 0 Å². The van der Waals surface area contributed by atoms with Gasteiger partial charge in [-0.05, 0) is 39.5 Å². The summed E-state index contributed by atoms with van der Waals surface area (Å²) in [6, 6.07) is 6.91. The van der Waals surface area contributed by atoms with Crippen molar-refractivity contribution < 1.29 is 0 Å². The predicted octanol–water partition coefficient (Wildman–Crippen LogP) is 3.86. The van der Waals surface area contributed by atoms with Crippen LogP contribution in [-0.4, -0.2) is 10.6 Å². The Hall–Kier alpha value is -0.580. The Morgan fingerprint density at radius 2 is 2.24 bits per heavy atom. The van der Waals surface area contributed by atoms with Crippen LogP contribution >= 0.6 is 27.3 Å². The molecule has 0 aromatic carbocycles. The molecule has 0 bridgehead atoms. The highest BCUT2D eigenvalue weighted by molar-refractivity contribution is 9.10. The third-order valence-corrected chi connectivity index (χ3v) is 4.53. The van der Waals surface area contributed by atoms with Gasteiger partial charge in [-0.2, -0.15) is 0 Å². The first-order valence-electron chi connectivity index (χ1n) is 5.76. The minimum absolute atomic E-state index is 0.520. The van der Waals surface area contributed by atoms with Crippen LogP contribution in [0, 0.1) is 0 Å². The summed E-state index contributed by atoms with van der Waals surface area (Å²) in [7, 11) is 0. The summed E-state index contributed by atoms with van der Waals surface area (Å²) >= 11 is 5.37. The first-order valence-corrected chi connectivity index (χ1v) is 7.43. The summed E-state index contributed by atoms with van der Waals surface area (Å²) in [4.78, 5) is 1.37. The number of nitrogens with one attached hydrogen (secondary N) is 1. The molecule has 1 N–H and O–H groups in total. The topological polar surface area (TPSA) is 17.0 Å². The van der Waals surface area contributed by atoms with Gasteiger partial charge < -0.3 is 9.88 Å². The van der Waals surface area contributed by atoms with Crippen LogP contribution in [0.15, 0.2) is 34.2 Å². The fraction of sp³-hybridized carbons (Fsp3) is 0.385. The van der Waals surface area contributed by atoms with Crippen LogP contribution in [0.3, 0.4) is 0 Å². The minimum Gasteiger partial charge on any atom is -0.345 e. The van der Waals surface area contributed by atoms with Gasteiger partial charge >= 0.3 is 0 Å². The van der Waals surface area contributed by atoms with Crippen molar-refractivity contribution >= 4 is 27.3 Å². The van der Waals surface area contributed by atoms with Crippen LogP contribution in [0.25, 0.3) is 0 Å². The molecule has 0 aliphatic rings. The van der Waals surface area contributed by atoms with E-state index in [0.29, 0.717) is 6.04 Å². The molecule has 0 saturated carbocycles. The van der Waals surface area contributed by atoms with Gasteiger partial charge in [0.1, 0.15) is 0 Å². The quantitative estimate of drug-likeness (QED) is 0.887. The normalized spacial score (nSPS) is 11.3. The molecule has 0 aliphatic heterocycles. The van der Waals surface area contributed by atoms with Gasteiger partial charge in [0.2, 0.25) is 0 Å². The lowest BCUT2D eigenvalue weighted by Crippen LogP contribution is -2.23. The summed E-state index contributed by atoms with van der Waals surface area (Å²) in [5.74, 6) is 0. The number of rotatable bonds is 5. The molecule has 2 rings (SSSR count). The molecule has 2 aromatic rings. The monoisotopic (exact) mass is 312 g/mol. The van der Waals surface area contributed by atoms with Gasteiger partial charge in [0, 0.05) is 33.8 Å². The van der Waals surface area contributed by atoms with Gasteiger partial charge in [-0.1, -0.05) is 13.8 Å². The Labute approximate surface area is 115 Å². The lowest BCUT2D eigenvalue weighted by molar-refractivity contribution is 0.565. The number of hydrogen-bond acceptors (Lipinski definition) is 2. The minimum atomic E-state index is 0.520. The molecule has 0 saturated heterocycles. The molecular formula is C13H17BrN2S. The van der Waals surface area contributed by atoms with Gasteiger partial charge in [0.15, 0.2) is 0 Å². The van der Waals surface area contributed by atoms with Crippen LogP contribution < -0.4 is 5.32 Å². The SMILES string of the molecule is CC(C)NCc1cccn1Cc1sccc1Br. The zero-order chi connectivity index (χ0) is 12.3. The summed E-state index contributed by atoms with van der Waals surface area (Å²) in [5, 5.41) is 5.57. The molecule has 2 heterocycles. The molecule has 2 nitrogen and oxygen atoms in total. The highest BCUT2D eigenvalue weighted by Gasteiger charge is 2.06. The molecule has 0 unspecified atom stereocenters. The Balaban J connectivity index is 2.06. The Bertz CT molecular complexity index is 473. The first-order chi connectivity index (χ1) is 8.16. The van der Waals surface area contributed by atoms with E-state index in [-0.39, 0.29) is 0 Å². The van der Waals surface area contributed by atoms with E-state index in [2.05, 4.69) is 69.4 Å².